The quantitative estimate of drug-likeness (QED) is 0.615. The second-order valence-corrected chi connectivity index (χ2v) is 6.65. The van der Waals surface area contributed by atoms with Crippen LogP contribution in [-0.4, -0.2) is 38.2 Å². The number of alkyl halides is 3. The van der Waals surface area contributed by atoms with E-state index in [1.165, 1.54) is 4.90 Å². The molecule has 0 radical (unpaired) electrons. The zero-order valence-corrected chi connectivity index (χ0v) is 14.1. The number of nitrogens with one attached hydrogen (secondary N) is 1. The van der Waals surface area contributed by atoms with E-state index >= 15 is 0 Å². The summed E-state index contributed by atoms with van der Waals surface area (Å²) in [6, 6.07) is 0.411. The first-order valence-corrected chi connectivity index (χ1v) is 8.34. The first-order valence-electron chi connectivity index (χ1n) is 8.34. The number of benzene rings is 1. The summed E-state index contributed by atoms with van der Waals surface area (Å²) in [5.74, 6) is -5.14. The third-order valence-electron chi connectivity index (χ3n) is 4.84. The van der Waals surface area contributed by atoms with E-state index in [1.54, 1.807) is 0 Å². The minimum Gasteiger partial charge on any atom is -0.318 e. The number of carbonyl (C=O) groups excluding carboxylic acids is 1. The van der Waals surface area contributed by atoms with Crippen LogP contribution in [0.3, 0.4) is 0 Å². The molecule has 1 aromatic heterocycles. The van der Waals surface area contributed by atoms with E-state index in [2.05, 4.69) is 15.5 Å². The van der Waals surface area contributed by atoms with Crippen LogP contribution < -0.4 is 5.32 Å². The molecule has 1 N–H and O–H groups in total. The van der Waals surface area contributed by atoms with Gasteiger partial charge in [-0.1, -0.05) is 0 Å². The minimum atomic E-state index is -4.69. The Bertz CT molecular complexity index is 942. The normalized spacial score (nSPS) is 22.2. The van der Waals surface area contributed by atoms with Crippen molar-refractivity contribution in [3.63, 3.8) is 0 Å². The molecule has 150 valence electrons. The van der Waals surface area contributed by atoms with Gasteiger partial charge in [-0.25, -0.2) is 13.2 Å². The Hall–Kier alpha value is -2.63. The van der Waals surface area contributed by atoms with Gasteiger partial charge in [0.25, 0.3) is 0 Å². The Morgan fingerprint density at radius 2 is 1.79 bits per heavy atom. The second kappa shape index (κ2) is 6.47. The fourth-order valence-corrected chi connectivity index (χ4v) is 3.58. The molecule has 12 heteroatoms. The lowest BCUT2D eigenvalue weighted by molar-refractivity contribution is -0.149. The first-order chi connectivity index (χ1) is 13.1. The number of hydrogen-bond acceptors (Lipinski definition) is 4. The molecule has 6 nitrogen and oxygen atoms in total. The lowest BCUT2D eigenvalue weighted by atomic mass is 9.98. The molecular weight excluding hydrogens is 392 g/mol. The van der Waals surface area contributed by atoms with Gasteiger partial charge in [0.05, 0.1) is 0 Å². The van der Waals surface area contributed by atoms with Gasteiger partial charge >= 0.3 is 6.18 Å². The van der Waals surface area contributed by atoms with Gasteiger partial charge in [-0.2, -0.15) is 13.2 Å². The molecule has 0 unspecified atom stereocenters. The molecule has 1 aromatic carbocycles. The van der Waals surface area contributed by atoms with Crippen LogP contribution in [-0.2, 0) is 23.9 Å². The molecular formula is C16H13F6N5O. The summed E-state index contributed by atoms with van der Waals surface area (Å²) in [7, 11) is 0. The van der Waals surface area contributed by atoms with Crippen molar-refractivity contribution in [1.82, 2.24) is 25.0 Å². The highest BCUT2D eigenvalue weighted by atomic mass is 19.4. The van der Waals surface area contributed by atoms with Crippen molar-refractivity contribution in [3.05, 3.63) is 46.8 Å². The van der Waals surface area contributed by atoms with Crippen LogP contribution in [0.1, 0.15) is 29.8 Å². The molecule has 3 heterocycles. The number of hydrogen-bond donors (Lipinski definition) is 1. The molecule has 2 aliphatic heterocycles. The van der Waals surface area contributed by atoms with E-state index in [-0.39, 0.29) is 43.2 Å². The van der Waals surface area contributed by atoms with Crippen LogP contribution in [0.25, 0.3) is 0 Å². The summed E-state index contributed by atoms with van der Waals surface area (Å²) in [5, 5.41) is 9.72. The van der Waals surface area contributed by atoms with E-state index in [0.29, 0.717) is 12.1 Å². The zero-order valence-electron chi connectivity index (χ0n) is 14.1. The number of amides is 1. The summed E-state index contributed by atoms with van der Waals surface area (Å²) < 4.78 is 80.5. The Balaban J connectivity index is 1.61. The summed E-state index contributed by atoms with van der Waals surface area (Å²) in [5.41, 5.74) is -0.147. The summed E-state index contributed by atoms with van der Waals surface area (Å²) in [4.78, 5) is 13.8. The maximum absolute atomic E-state index is 13.9. The fourth-order valence-electron chi connectivity index (χ4n) is 3.58. The molecule has 2 aromatic rings. The van der Waals surface area contributed by atoms with Crippen LogP contribution in [0, 0.1) is 17.5 Å². The molecule has 2 aliphatic rings. The average molecular weight is 405 g/mol. The number of aromatic nitrogens is 3. The van der Waals surface area contributed by atoms with Crippen LogP contribution in [0.15, 0.2) is 12.1 Å². The summed E-state index contributed by atoms with van der Waals surface area (Å²) in [6.07, 6.45) is -5.90. The highest BCUT2D eigenvalue weighted by molar-refractivity contribution is 5.78. The molecule has 0 saturated carbocycles. The fraction of sp³-hybridized carbons (Fsp3) is 0.438. The average Bonchev–Trinajstić information content (AvgIpc) is 3.04. The standard InChI is InChI=1S/C16H13F6N5O/c17-9-6-11(19)10(18)4-7(9)3-8-5-12(28)26-1-2-27-14(13(26)23-8)24-25-15(27)16(20,21)22/h4,6,8,13,23H,1-3,5H2/t8-,13-/m1/s1. The van der Waals surface area contributed by atoms with Crippen LogP contribution in [0.5, 0.6) is 0 Å². The van der Waals surface area contributed by atoms with Gasteiger partial charge < -0.3 is 9.47 Å². The topological polar surface area (TPSA) is 63.1 Å². The van der Waals surface area contributed by atoms with Crippen LogP contribution in [0.4, 0.5) is 26.3 Å². The molecule has 1 amide bonds. The van der Waals surface area contributed by atoms with Gasteiger partial charge in [0, 0.05) is 31.6 Å². The number of carbonyl (C=O) groups is 1. The van der Waals surface area contributed by atoms with Crippen molar-refractivity contribution in [2.24, 2.45) is 0 Å². The van der Waals surface area contributed by atoms with Gasteiger partial charge in [0.15, 0.2) is 17.5 Å². The van der Waals surface area contributed by atoms with Gasteiger partial charge in [0.1, 0.15) is 12.0 Å². The van der Waals surface area contributed by atoms with Gasteiger partial charge in [-0.05, 0) is 18.1 Å². The van der Waals surface area contributed by atoms with Crippen molar-refractivity contribution in [3.8, 4) is 0 Å². The molecule has 1 fully saturated rings. The van der Waals surface area contributed by atoms with E-state index in [1.807, 2.05) is 0 Å². The first kappa shape index (κ1) is 18.7. The van der Waals surface area contributed by atoms with E-state index in [9.17, 15) is 31.1 Å². The van der Waals surface area contributed by atoms with Crippen molar-refractivity contribution in [1.29, 1.82) is 0 Å². The SMILES string of the molecule is O=C1C[C@@H](Cc2cc(F)c(F)cc2F)N[C@H]2c3nnc(C(F)(F)F)n3CCN12. The second-order valence-electron chi connectivity index (χ2n) is 6.65. The minimum absolute atomic E-state index is 0.0247. The van der Waals surface area contributed by atoms with Crippen LogP contribution in [0.2, 0.25) is 0 Å². The Morgan fingerprint density at radius 1 is 1.07 bits per heavy atom. The third kappa shape index (κ3) is 3.11. The zero-order chi connectivity index (χ0) is 20.2. The van der Waals surface area contributed by atoms with E-state index < -0.39 is 41.7 Å². The highest BCUT2D eigenvalue weighted by Gasteiger charge is 2.45. The monoisotopic (exact) mass is 405 g/mol. The summed E-state index contributed by atoms with van der Waals surface area (Å²) in [6.45, 7) is -0.0829. The van der Waals surface area contributed by atoms with Gasteiger partial charge in [-0.15, -0.1) is 10.2 Å². The maximum Gasteiger partial charge on any atom is 0.451 e. The molecule has 4 rings (SSSR count). The Labute approximate surface area is 154 Å². The molecule has 0 spiro atoms. The maximum atomic E-state index is 13.9. The van der Waals surface area contributed by atoms with Gasteiger partial charge in [0.2, 0.25) is 11.7 Å². The Kier molecular flexibility index (Phi) is 4.32. The van der Waals surface area contributed by atoms with Crippen molar-refractivity contribution < 1.29 is 31.1 Å². The largest absolute Gasteiger partial charge is 0.451 e. The Morgan fingerprint density at radius 3 is 2.50 bits per heavy atom. The number of rotatable bonds is 2. The summed E-state index contributed by atoms with van der Waals surface area (Å²) >= 11 is 0. The van der Waals surface area contributed by atoms with Crippen molar-refractivity contribution >= 4 is 5.91 Å². The molecule has 0 bridgehead atoms. The van der Waals surface area contributed by atoms with Crippen molar-refractivity contribution in [2.75, 3.05) is 6.54 Å². The van der Waals surface area contributed by atoms with E-state index in [4.69, 9.17) is 0 Å². The lowest BCUT2D eigenvalue weighted by Gasteiger charge is -2.42. The molecule has 1 saturated heterocycles. The third-order valence-corrected chi connectivity index (χ3v) is 4.84. The predicted molar refractivity (Wildman–Crippen MR) is 81.0 cm³/mol. The van der Waals surface area contributed by atoms with Gasteiger partial charge in [-0.3, -0.25) is 10.1 Å². The number of fused-ring (bicyclic) bond motifs is 3. The molecule has 28 heavy (non-hydrogen) atoms. The number of nitrogens with zero attached hydrogens (tertiary/aromatic N) is 4. The number of halogens is 6. The van der Waals surface area contributed by atoms with Crippen molar-refractivity contribution in [2.45, 2.75) is 37.8 Å². The molecule has 0 aliphatic carbocycles. The molecule has 2 atom stereocenters. The van der Waals surface area contributed by atoms with Crippen LogP contribution >= 0.6 is 0 Å². The lowest BCUT2D eigenvalue weighted by Crippen LogP contribution is -2.57. The smallest absolute Gasteiger partial charge is 0.318 e. The predicted octanol–water partition coefficient (Wildman–Crippen LogP) is 2.16. The highest BCUT2D eigenvalue weighted by Crippen LogP contribution is 2.34. The van der Waals surface area contributed by atoms with E-state index in [0.717, 1.165) is 4.57 Å².